The van der Waals surface area contributed by atoms with Crippen molar-refractivity contribution in [2.24, 2.45) is 7.05 Å². The summed E-state index contributed by atoms with van der Waals surface area (Å²) >= 11 is 0. The van der Waals surface area contributed by atoms with Crippen LogP contribution in [0.4, 0.5) is 0 Å². The van der Waals surface area contributed by atoms with E-state index in [1.165, 1.54) is 5.69 Å². The smallest absolute Gasteiger partial charge is 0.0140 e. The molecule has 1 aromatic rings. The summed E-state index contributed by atoms with van der Waals surface area (Å²) in [6.45, 7) is 7.51. The number of aryl methyl sites for hydroxylation is 2. The van der Waals surface area contributed by atoms with Crippen LogP contribution in [-0.4, -0.2) is 4.57 Å². The number of hydrogen-bond donors (Lipinski definition) is 0. The Balaban J connectivity index is 0.000000217. The summed E-state index contributed by atoms with van der Waals surface area (Å²) in [6.07, 6.45) is 7.61. The van der Waals surface area contributed by atoms with Crippen LogP contribution in [0.1, 0.15) is 12.6 Å². The van der Waals surface area contributed by atoms with Crippen molar-refractivity contribution in [3.63, 3.8) is 0 Å². The molecule has 0 fully saturated rings. The Hall–Kier alpha value is -1.24. The first-order valence-electron chi connectivity index (χ1n) is 4.04. The Bertz CT molecular complexity index is 227. The molecular weight excluding hydrogens is 146 g/mol. The van der Waals surface area contributed by atoms with E-state index in [-0.39, 0.29) is 0 Å². The van der Waals surface area contributed by atoms with Crippen LogP contribution in [-0.2, 0) is 7.05 Å². The number of allylic oxidation sites excluding steroid dienone is 3. The molecule has 0 N–H and O–H groups in total. The van der Waals surface area contributed by atoms with E-state index in [0.717, 1.165) is 0 Å². The van der Waals surface area contributed by atoms with Gasteiger partial charge in [-0.05, 0) is 26.0 Å². The Kier molecular flexibility index (Phi) is 5.80. The van der Waals surface area contributed by atoms with Gasteiger partial charge in [-0.2, -0.15) is 0 Å². The summed E-state index contributed by atoms with van der Waals surface area (Å²) in [4.78, 5) is 0. The molecule has 12 heavy (non-hydrogen) atoms. The van der Waals surface area contributed by atoms with Gasteiger partial charge in [0.05, 0.1) is 0 Å². The second kappa shape index (κ2) is 6.47. The van der Waals surface area contributed by atoms with Crippen LogP contribution < -0.4 is 0 Å². The van der Waals surface area contributed by atoms with Crippen LogP contribution in [0.3, 0.4) is 0 Å². The summed E-state index contributed by atoms with van der Waals surface area (Å²) in [7, 11) is 2.04. The molecule has 0 aliphatic rings. The molecule has 66 valence electrons. The van der Waals surface area contributed by atoms with E-state index in [0.29, 0.717) is 0 Å². The van der Waals surface area contributed by atoms with Gasteiger partial charge in [0.1, 0.15) is 0 Å². The lowest BCUT2D eigenvalue weighted by Crippen LogP contribution is -1.84. The average Bonchev–Trinajstić information content (AvgIpc) is 2.39. The Morgan fingerprint density at radius 1 is 1.50 bits per heavy atom. The predicted octanol–water partition coefficient (Wildman–Crippen LogP) is 3.08. The largest absolute Gasteiger partial charge is 0.355 e. The highest BCUT2D eigenvalue weighted by Crippen LogP contribution is 1.93. The molecule has 0 aliphatic heterocycles. The van der Waals surface area contributed by atoms with Gasteiger partial charge in [0.15, 0.2) is 0 Å². The molecule has 0 aliphatic carbocycles. The first-order valence-corrected chi connectivity index (χ1v) is 4.04. The second-order valence-corrected chi connectivity index (χ2v) is 2.52. The van der Waals surface area contributed by atoms with Crippen molar-refractivity contribution in [2.45, 2.75) is 13.8 Å². The van der Waals surface area contributed by atoms with Gasteiger partial charge in [-0.25, -0.2) is 0 Å². The zero-order valence-corrected chi connectivity index (χ0v) is 8.12. The number of aromatic nitrogens is 1. The number of rotatable bonds is 1. The lowest BCUT2D eigenvalue weighted by molar-refractivity contribution is 0.882. The standard InChI is InChI=1S/C6H9N.C5H8/c1-6-4-3-5-7(6)2;1-3-5-4-2/h3-5H,1-2H3;3-5H,1H2,2H3/b;5-4-. The average molecular weight is 163 g/mol. The van der Waals surface area contributed by atoms with Crippen molar-refractivity contribution in [1.29, 1.82) is 0 Å². The third-order valence-corrected chi connectivity index (χ3v) is 1.53. The lowest BCUT2D eigenvalue weighted by Gasteiger charge is -1.89. The molecule has 0 amide bonds. The minimum Gasteiger partial charge on any atom is -0.355 e. The van der Waals surface area contributed by atoms with E-state index in [1.807, 2.05) is 38.4 Å². The maximum Gasteiger partial charge on any atom is 0.0140 e. The Morgan fingerprint density at radius 2 is 2.17 bits per heavy atom. The highest BCUT2D eigenvalue weighted by atomic mass is 14.9. The Labute approximate surface area is 75.0 Å². The van der Waals surface area contributed by atoms with Crippen LogP contribution in [0.15, 0.2) is 43.1 Å². The van der Waals surface area contributed by atoms with E-state index in [4.69, 9.17) is 0 Å². The monoisotopic (exact) mass is 163 g/mol. The van der Waals surface area contributed by atoms with Crippen LogP contribution in [0.25, 0.3) is 0 Å². The summed E-state index contributed by atoms with van der Waals surface area (Å²) < 4.78 is 2.08. The van der Waals surface area contributed by atoms with Gasteiger partial charge in [0, 0.05) is 18.9 Å². The van der Waals surface area contributed by atoms with Crippen molar-refractivity contribution >= 4 is 0 Å². The first kappa shape index (κ1) is 10.8. The molecule has 1 rings (SSSR count). The molecule has 0 aromatic carbocycles. The van der Waals surface area contributed by atoms with Crippen LogP contribution in [0, 0.1) is 6.92 Å². The second-order valence-electron chi connectivity index (χ2n) is 2.52. The fourth-order valence-corrected chi connectivity index (χ4v) is 0.683. The minimum atomic E-state index is 1.31. The molecule has 1 nitrogen and oxygen atoms in total. The van der Waals surface area contributed by atoms with Crippen LogP contribution >= 0.6 is 0 Å². The van der Waals surface area contributed by atoms with E-state index < -0.39 is 0 Å². The van der Waals surface area contributed by atoms with Gasteiger partial charge < -0.3 is 4.57 Å². The number of hydrogen-bond acceptors (Lipinski definition) is 0. The van der Waals surface area contributed by atoms with Crippen molar-refractivity contribution in [3.05, 3.63) is 48.8 Å². The van der Waals surface area contributed by atoms with Crippen molar-refractivity contribution in [2.75, 3.05) is 0 Å². The molecule has 0 spiro atoms. The van der Waals surface area contributed by atoms with E-state index in [2.05, 4.69) is 24.1 Å². The zero-order valence-electron chi connectivity index (χ0n) is 8.12. The molecule has 0 bridgehead atoms. The molecule has 0 atom stereocenters. The van der Waals surface area contributed by atoms with Gasteiger partial charge in [0.25, 0.3) is 0 Å². The molecule has 1 heteroatoms. The van der Waals surface area contributed by atoms with Gasteiger partial charge in [0.2, 0.25) is 0 Å². The lowest BCUT2D eigenvalue weighted by atomic mass is 10.5. The van der Waals surface area contributed by atoms with E-state index in [1.54, 1.807) is 6.08 Å². The molecular formula is C11H17N. The third-order valence-electron chi connectivity index (χ3n) is 1.53. The Morgan fingerprint density at radius 3 is 2.25 bits per heavy atom. The fourth-order valence-electron chi connectivity index (χ4n) is 0.683. The maximum absolute atomic E-state index is 3.46. The summed E-state index contributed by atoms with van der Waals surface area (Å²) in [5.74, 6) is 0. The highest BCUT2D eigenvalue weighted by Gasteiger charge is 1.81. The van der Waals surface area contributed by atoms with Crippen LogP contribution in [0.5, 0.6) is 0 Å². The van der Waals surface area contributed by atoms with Gasteiger partial charge in [-0.15, -0.1) is 0 Å². The summed E-state index contributed by atoms with van der Waals surface area (Å²) in [6, 6.07) is 4.12. The van der Waals surface area contributed by atoms with Crippen molar-refractivity contribution in [3.8, 4) is 0 Å². The fraction of sp³-hybridized carbons (Fsp3) is 0.273. The maximum atomic E-state index is 3.46. The topological polar surface area (TPSA) is 4.93 Å². The minimum absolute atomic E-state index is 1.31. The van der Waals surface area contributed by atoms with Crippen molar-refractivity contribution < 1.29 is 0 Å². The molecule has 0 saturated heterocycles. The van der Waals surface area contributed by atoms with Gasteiger partial charge >= 0.3 is 0 Å². The van der Waals surface area contributed by atoms with Crippen molar-refractivity contribution in [1.82, 2.24) is 4.57 Å². The molecule has 0 unspecified atom stereocenters. The van der Waals surface area contributed by atoms with E-state index >= 15 is 0 Å². The molecule has 0 saturated carbocycles. The zero-order chi connectivity index (χ0) is 9.40. The predicted molar refractivity (Wildman–Crippen MR) is 55.2 cm³/mol. The molecule has 1 aromatic heterocycles. The number of nitrogens with zero attached hydrogens (tertiary/aromatic N) is 1. The quantitative estimate of drug-likeness (QED) is 0.561. The SMILES string of the molecule is C=C/C=C\C.Cc1cccn1C. The highest BCUT2D eigenvalue weighted by molar-refractivity contribution is 5.02. The van der Waals surface area contributed by atoms with Gasteiger partial charge in [-0.1, -0.05) is 24.8 Å². The molecule has 1 heterocycles. The van der Waals surface area contributed by atoms with Crippen LogP contribution in [0.2, 0.25) is 0 Å². The van der Waals surface area contributed by atoms with Gasteiger partial charge in [-0.3, -0.25) is 0 Å². The molecule has 0 radical (unpaired) electrons. The third kappa shape index (κ3) is 4.56. The summed E-state index contributed by atoms with van der Waals surface area (Å²) in [5.41, 5.74) is 1.31. The normalized spacial score (nSPS) is 9.25. The van der Waals surface area contributed by atoms with E-state index in [9.17, 15) is 0 Å². The first-order chi connectivity index (χ1) is 5.72. The summed E-state index contributed by atoms with van der Waals surface area (Å²) in [5, 5.41) is 0.